The number of benzene rings is 2. The van der Waals surface area contributed by atoms with Crippen molar-refractivity contribution < 1.29 is 9.53 Å². The average Bonchev–Trinajstić information content (AvgIpc) is 2.79. The Balaban J connectivity index is 1.61. The number of rotatable bonds is 4. The predicted molar refractivity (Wildman–Crippen MR) is 115 cm³/mol. The molecule has 1 fully saturated rings. The van der Waals surface area contributed by atoms with Crippen molar-refractivity contribution in [2.75, 3.05) is 24.6 Å². The molecule has 0 saturated carbocycles. The Morgan fingerprint density at radius 3 is 2.52 bits per heavy atom. The molecular formula is C23H23N3O2S. The number of aryl methyl sites for hydroxylation is 1. The first kappa shape index (κ1) is 19.4. The number of hydrogen-bond donors (Lipinski definition) is 0. The highest BCUT2D eigenvalue weighted by atomic mass is 32.2. The number of carbonyl (C=O) groups excluding carboxylic acids is 1. The highest BCUT2D eigenvalue weighted by Crippen LogP contribution is 2.43. The summed E-state index contributed by atoms with van der Waals surface area (Å²) in [6, 6.07) is 18.5. The highest BCUT2D eigenvalue weighted by Gasteiger charge is 2.38. The van der Waals surface area contributed by atoms with Crippen LogP contribution in [0.3, 0.4) is 0 Å². The zero-order valence-corrected chi connectivity index (χ0v) is 17.4. The van der Waals surface area contributed by atoms with Crippen LogP contribution in [0, 0.1) is 11.3 Å². The Hall–Kier alpha value is -2.91. The Bertz CT molecular complexity index is 977. The van der Waals surface area contributed by atoms with Crippen LogP contribution in [0.5, 0.6) is 5.75 Å². The third-order valence-corrected chi connectivity index (χ3v) is 6.68. The van der Waals surface area contributed by atoms with Crippen molar-refractivity contribution in [3.05, 3.63) is 70.3 Å². The fourth-order valence-corrected chi connectivity index (χ4v) is 4.96. The first-order valence-corrected chi connectivity index (χ1v) is 10.7. The summed E-state index contributed by atoms with van der Waals surface area (Å²) in [7, 11) is 1.62. The molecule has 0 radical (unpaired) electrons. The third-order valence-electron chi connectivity index (χ3n) is 5.52. The molecule has 4 rings (SSSR count). The van der Waals surface area contributed by atoms with Gasteiger partial charge in [-0.1, -0.05) is 43.0 Å². The molecule has 6 heteroatoms. The number of methoxy groups -OCH3 is 1. The van der Waals surface area contributed by atoms with Crippen molar-refractivity contribution in [2.45, 2.75) is 25.7 Å². The predicted octanol–water partition coefficient (Wildman–Crippen LogP) is 4.48. The Labute approximate surface area is 175 Å². The lowest BCUT2D eigenvalue weighted by molar-refractivity contribution is -0.129. The van der Waals surface area contributed by atoms with Gasteiger partial charge in [-0.3, -0.25) is 9.69 Å². The summed E-state index contributed by atoms with van der Waals surface area (Å²) < 4.78 is 5.22. The van der Waals surface area contributed by atoms with Gasteiger partial charge in [-0.05, 0) is 41.8 Å². The van der Waals surface area contributed by atoms with E-state index in [1.807, 2.05) is 24.3 Å². The molecule has 0 aromatic heterocycles. The molecule has 0 bridgehead atoms. The van der Waals surface area contributed by atoms with Gasteiger partial charge in [0.2, 0.25) is 5.91 Å². The van der Waals surface area contributed by atoms with Gasteiger partial charge in [0.15, 0.2) is 0 Å². The van der Waals surface area contributed by atoms with Gasteiger partial charge in [-0.25, -0.2) is 0 Å². The van der Waals surface area contributed by atoms with Gasteiger partial charge in [0.25, 0.3) is 0 Å². The van der Waals surface area contributed by atoms with E-state index in [1.165, 1.54) is 5.56 Å². The van der Waals surface area contributed by atoms with Gasteiger partial charge in [0.1, 0.15) is 5.75 Å². The number of allylic oxidation sites excluding steroid dienone is 1. The molecular weight excluding hydrogens is 382 g/mol. The van der Waals surface area contributed by atoms with Gasteiger partial charge >= 0.3 is 0 Å². The molecule has 0 unspecified atom stereocenters. The smallest absolute Gasteiger partial charge is 0.229 e. The Morgan fingerprint density at radius 2 is 1.90 bits per heavy atom. The summed E-state index contributed by atoms with van der Waals surface area (Å²) in [4.78, 5) is 16.9. The van der Waals surface area contributed by atoms with E-state index in [4.69, 9.17) is 4.74 Å². The summed E-state index contributed by atoms with van der Waals surface area (Å²) >= 11 is 1.57. The topological polar surface area (TPSA) is 56.6 Å². The molecule has 2 heterocycles. The molecule has 2 aromatic carbocycles. The quantitative estimate of drug-likeness (QED) is 0.751. The van der Waals surface area contributed by atoms with Gasteiger partial charge in [0.05, 0.1) is 36.3 Å². The zero-order chi connectivity index (χ0) is 20.4. The molecule has 0 aliphatic carbocycles. The third kappa shape index (κ3) is 3.70. The van der Waals surface area contributed by atoms with Crippen molar-refractivity contribution in [1.29, 1.82) is 5.26 Å². The molecule has 0 spiro atoms. The molecule has 2 aromatic rings. The number of nitriles is 1. The second-order valence-electron chi connectivity index (χ2n) is 7.16. The van der Waals surface area contributed by atoms with Crippen molar-refractivity contribution in [3.8, 4) is 11.8 Å². The van der Waals surface area contributed by atoms with Crippen LogP contribution in [0.2, 0.25) is 0 Å². The van der Waals surface area contributed by atoms with Crippen LogP contribution in [0.25, 0.3) is 0 Å². The fraction of sp³-hybridized carbons (Fsp3) is 0.304. The maximum Gasteiger partial charge on any atom is 0.229 e. The minimum Gasteiger partial charge on any atom is -0.497 e. The van der Waals surface area contributed by atoms with E-state index in [2.05, 4.69) is 42.2 Å². The van der Waals surface area contributed by atoms with Crippen molar-refractivity contribution in [1.82, 2.24) is 4.90 Å². The maximum atomic E-state index is 13.0. The molecule has 148 valence electrons. The molecule has 29 heavy (non-hydrogen) atoms. The largest absolute Gasteiger partial charge is 0.497 e. The molecule has 5 nitrogen and oxygen atoms in total. The number of carbonyl (C=O) groups is 1. The van der Waals surface area contributed by atoms with Crippen LogP contribution >= 0.6 is 11.8 Å². The number of amides is 1. The van der Waals surface area contributed by atoms with E-state index in [0.717, 1.165) is 28.5 Å². The molecule has 1 saturated heterocycles. The molecule has 2 aliphatic rings. The van der Waals surface area contributed by atoms with E-state index in [9.17, 15) is 10.1 Å². The number of anilines is 1. The van der Waals surface area contributed by atoms with Crippen LogP contribution in [0.15, 0.2) is 59.1 Å². The van der Waals surface area contributed by atoms with E-state index in [-0.39, 0.29) is 11.8 Å². The standard InChI is InChI=1S/C23H23N3O2S/c1-3-16-4-8-18(9-5-16)25-14-26-22(27)12-20(21(13-24)23(26)29-15-25)17-6-10-19(28-2)11-7-17/h4-11,20H,3,12,14-15H2,1-2H3/t20-/m1/s1. The summed E-state index contributed by atoms with van der Waals surface area (Å²) in [5.41, 5.74) is 4.04. The first-order valence-electron chi connectivity index (χ1n) is 9.69. The highest BCUT2D eigenvalue weighted by molar-refractivity contribution is 8.03. The normalized spacial score (nSPS) is 19.1. The SMILES string of the molecule is CCc1ccc(N2CSC3=C(C#N)[C@@H](c4ccc(OC)cc4)CC(=O)N3C2)cc1. The summed E-state index contributed by atoms with van der Waals surface area (Å²) in [5, 5.41) is 10.7. The van der Waals surface area contributed by atoms with Gasteiger partial charge in [0, 0.05) is 18.0 Å². The summed E-state index contributed by atoms with van der Waals surface area (Å²) in [5.74, 6) is 1.33. The van der Waals surface area contributed by atoms with Crippen molar-refractivity contribution in [3.63, 3.8) is 0 Å². The van der Waals surface area contributed by atoms with Crippen LogP contribution in [-0.4, -0.2) is 30.5 Å². The molecule has 0 N–H and O–H groups in total. The minimum atomic E-state index is -0.201. The van der Waals surface area contributed by atoms with Crippen LogP contribution in [0.1, 0.15) is 30.4 Å². The number of thioether (sulfide) groups is 1. The number of ether oxygens (including phenoxy) is 1. The molecule has 1 atom stereocenters. The van der Waals surface area contributed by atoms with Gasteiger partial charge in [-0.2, -0.15) is 5.26 Å². The van der Waals surface area contributed by atoms with E-state index in [0.29, 0.717) is 24.5 Å². The van der Waals surface area contributed by atoms with E-state index in [1.54, 1.807) is 23.8 Å². The van der Waals surface area contributed by atoms with Gasteiger partial charge < -0.3 is 9.64 Å². The Morgan fingerprint density at radius 1 is 1.17 bits per heavy atom. The second kappa shape index (κ2) is 8.22. The molecule has 2 aliphatic heterocycles. The number of hydrogen-bond acceptors (Lipinski definition) is 5. The lowest BCUT2D eigenvalue weighted by atomic mass is 9.86. The number of fused-ring (bicyclic) bond motifs is 1. The Kier molecular flexibility index (Phi) is 5.50. The maximum absolute atomic E-state index is 13.0. The van der Waals surface area contributed by atoms with Crippen molar-refractivity contribution in [2.24, 2.45) is 0 Å². The van der Waals surface area contributed by atoms with E-state index < -0.39 is 0 Å². The number of nitrogens with zero attached hydrogens (tertiary/aromatic N) is 3. The van der Waals surface area contributed by atoms with Crippen LogP contribution in [-0.2, 0) is 11.2 Å². The fourth-order valence-electron chi connectivity index (χ4n) is 3.79. The monoisotopic (exact) mass is 405 g/mol. The minimum absolute atomic E-state index is 0.0576. The van der Waals surface area contributed by atoms with Crippen molar-refractivity contribution >= 4 is 23.4 Å². The molecule has 1 amide bonds. The lowest BCUT2D eigenvalue weighted by Crippen LogP contribution is -2.47. The van der Waals surface area contributed by atoms with E-state index >= 15 is 0 Å². The lowest BCUT2D eigenvalue weighted by Gasteiger charge is -2.42. The van der Waals surface area contributed by atoms with Crippen LogP contribution < -0.4 is 9.64 Å². The van der Waals surface area contributed by atoms with Crippen LogP contribution in [0.4, 0.5) is 5.69 Å². The summed E-state index contributed by atoms with van der Waals surface area (Å²) in [6.07, 6.45) is 1.31. The first-order chi connectivity index (χ1) is 14.1. The zero-order valence-electron chi connectivity index (χ0n) is 16.6. The average molecular weight is 406 g/mol. The second-order valence-corrected chi connectivity index (χ2v) is 8.09. The van der Waals surface area contributed by atoms with Gasteiger partial charge in [-0.15, -0.1) is 0 Å². The summed E-state index contributed by atoms with van der Waals surface area (Å²) in [6.45, 7) is 2.62.